The minimum absolute atomic E-state index is 0.152. The quantitative estimate of drug-likeness (QED) is 0.876. The summed E-state index contributed by atoms with van der Waals surface area (Å²) in [7, 11) is 0. The van der Waals surface area contributed by atoms with Crippen LogP contribution in [0.25, 0.3) is 0 Å². The highest BCUT2D eigenvalue weighted by Gasteiger charge is 2.30. The maximum absolute atomic E-state index is 11.8. The first kappa shape index (κ1) is 13.9. The lowest BCUT2D eigenvalue weighted by atomic mass is 9.93. The van der Waals surface area contributed by atoms with Crippen LogP contribution in [0.5, 0.6) is 0 Å². The molecule has 4 heteroatoms. The molecule has 0 bridgehead atoms. The van der Waals surface area contributed by atoms with E-state index < -0.39 is 0 Å². The number of nitrogens with one attached hydrogen (secondary N) is 2. The van der Waals surface area contributed by atoms with E-state index >= 15 is 0 Å². The van der Waals surface area contributed by atoms with Gasteiger partial charge in [-0.25, -0.2) is 4.79 Å². The zero-order valence-electron chi connectivity index (χ0n) is 11.6. The van der Waals surface area contributed by atoms with E-state index in [0.717, 1.165) is 18.7 Å². The van der Waals surface area contributed by atoms with Gasteiger partial charge in [-0.2, -0.15) is 0 Å². The van der Waals surface area contributed by atoms with Crippen LogP contribution in [-0.4, -0.2) is 25.3 Å². The first-order valence-corrected chi connectivity index (χ1v) is 6.88. The highest BCUT2D eigenvalue weighted by atomic mass is 16.5. The van der Waals surface area contributed by atoms with Crippen LogP contribution < -0.4 is 10.6 Å². The molecule has 0 saturated carbocycles. The maximum Gasteiger partial charge on any atom is 0.319 e. The van der Waals surface area contributed by atoms with Gasteiger partial charge in [0.15, 0.2) is 0 Å². The molecule has 4 nitrogen and oxygen atoms in total. The van der Waals surface area contributed by atoms with Crippen molar-refractivity contribution in [2.75, 3.05) is 18.5 Å². The van der Waals surface area contributed by atoms with Crippen molar-refractivity contribution in [3.63, 3.8) is 0 Å². The number of urea groups is 1. The molecule has 0 radical (unpaired) electrons. The van der Waals surface area contributed by atoms with Crippen LogP contribution in [0.1, 0.15) is 20.3 Å². The molecule has 0 spiro atoms. The summed E-state index contributed by atoms with van der Waals surface area (Å²) in [4.78, 5) is 11.8. The molecule has 2 amide bonds. The smallest absolute Gasteiger partial charge is 0.319 e. The van der Waals surface area contributed by atoms with Crippen LogP contribution in [0, 0.1) is 11.8 Å². The summed E-state index contributed by atoms with van der Waals surface area (Å²) in [5.41, 5.74) is 0.808. The summed E-state index contributed by atoms with van der Waals surface area (Å²) in [6.45, 7) is 5.79. The number of amides is 2. The van der Waals surface area contributed by atoms with E-state index in [1.807, 2.05) is 30.3 Å². The normalized spacial score (nSPS) is 22.5. The number of rotatable bonds is 4. The Labute approximate surface area is 114 Å². The second-order valence-electron chi connectivity index (χ2n) is 5.33. The van der Waals surface area contributed by atoms with Crippen LogP contribution in [0.3, 0.4) is 0 Å². The summed E-state index contributed by atoms with van der Waals surface area (Å²) in [5, 5.41) is 5.75. The monoisotopic (exact) mass is 262 g/mol. The maximum atomic E-state index is 11.8. The molecule has 1 aliphatic rings. The van der Waals surface area contributed by atoms with E-state index in [-0.39, 0.29) is 12.1 Å². The minimum Gasteiger partial charge on any atom is -0.378 e. The fourth-order valence-corrected chi connectivity index (χ4v) is 2.53. The Bertz CT molecular complexity index is 406. The number of carbonyl (C=O) groups is 1. The first-order valence-electron chi connectivity index (χ1n) is 6.88. The molecule has 0 unspecified atom stereocenters. The lowest BCUT2D eigenvalue weighted by molar-refractivity contribution is 0.0546. The van der Waals surface area contributed by atoms with Crippen LogP contribution >= 0.6 is 0 Å². The summed E-state index contributed by atoms with van der Waals surface area (Å²) in [6.07, 6.45) is 1.28. The molecule has 1 heterocycles. The average Bonchev–Trinajstić information content (AvgIpc) is 2.86. The summed E-state index contributed by atoms with van der Waals surface area (Å²) >= 11 is 0. The van der Waals surface area contributed by atoms with Gasteiger partial charge in [0.25, 0.3) is 0 Å². The molecule has 104 valence electrons. The van der Waals surface area contributed by atoms with Crippen LogP contribution in [0.15, 0.2) is 30.3 Å². The van der Waals surface area contributed by atoms with Gasteiger partial charge in [0, 0.05) is 24.8 Å². The Morgan fingerprint density at radius 2 is 2.11 bits per heavy atom. The van der Waals surface area contributed by atoms with Gasteiger partial charge >= 0.3 is 6.03 Å². The lowest BCUT2D eigenvalue weighted by Crippen LogP contribution is -2.37. The lowest BCUT2D eigenvalue weighted by Gasteiger charge is -2.22. The van der Waals surface area contributed by atoms with E-state index in [1.165, 1.54) is 0 Å². The van der Waals surface area contributed by atoms with Gasteiger partial charge in [0.2, 0.25) is 0 Å². The summed E-state index contributed by atoms with van der Waals surface area (Å²) in [5.74, 6) is 0.910. The highest BCUT2D eigenvalue weighted by molar-refractivity contribution is 5.89. The van der Waals surface area contributed by atoms with Crippen molar-refractivity contribution in [2.24, 2.45) is 11.8 Å². The van der Waals surface area contributed by atoms with Crippen molar-refractivity contribution in [3.05, 3.63) is 30.3 Å². The fraction of sp³-hybridized carbons (Fsp3) is 0.533. The standard InChI is InChI=1S/C15H22N2O2/c1-11(2)14-12(8-9-19-14)10-16-15(18)17-13-6-4-3-5-7-13/h3-7,11-12,14H,8-10H2,1-2H3,(H2,16,17,18)/t12-,14+/m0/s1. The number of para-hydroxylation sites is 1. The van der Waals surface area contributed by atoms with Crippen LogP contribution in [0.4, 0.5) is 10.5 Å². The average molecular weight is 262 g/mol. The zero-order valence-corrected chi connectivity index (χ0v) is 11.6. The predicted molar refractivity (Wildman–Crippen MR) is 76.1 cm³/mol. The number of hydrogen-bond acceptors (Lipinski definition) is 2. The number of ether oxygens (including phenoxy) is 1. The molecule has 0 aliphatic carbocycles. The van der Waals surface area contributed by atoms with E-state index in [1.54, 1.807) is 0 Å². The van der Waals surface area contributed by atoms with Crippen molar-refractivity contribution < 1.29 is 9.53 Å². The Kier molecular flexibility index (Phi) is 4.80. The van der Waals surface area contributed by atoms with Crippen LogP contribution in [0.2, 0.25) is 0 Å². The van der Waals surface area contributed by atoms with Gasteiger partial charge in [0.1, 0.15) is 0 Å². The van der Waals surface area contributed by atoms with Gasteiger partial charge in [-0.15, -0.1) is 0 Å². The molecule has 1 fully saturated rings. The van der Waals surface area contributed by atoms with Gasteiger partial charge in [-0.3, -0.25) is 0 Å². The van der Waals surface area contributed by atoms with Crippen molar-refractivity contribution in [1.29, 1.82) is 0 Å². The third-order valence-corrected chi connectivity index (χ3v) is 3.48. The summed E-state index contributed by atoms with van der Waals surface area (Å²) in [6, 6.07) is 9.31. The largest absolute Gasteiger partial charge is 0.378 e. The number of anilines is 1. The van der Waals surface area contributed by atoms with E-state index in [9.17, 15) is 4.79 Å². The molecule has 2 N–H and O–H groups in total. The zero-order chi connectivity index (χ0) is 13.7. The Balaban J connectivity index is 1.77. The Hall–Kier alpha value is -1.55. The topological polar surface area (TPSA) is 50.4 Å². The third kappa shape index (κ3) is 3.96. The molecule has 19 heavy (non-hydrogen) atoms. The number of benzene rings is 1. The van der Waals surface area contributed by atoms with E-state index in [4.69, 9.17) is 4.74 Å². The molecular formula is C15H22N2O2. The molecule has 1 aliphatic heterocycles. The summed E-state index contributed by atoms with van der Waals surface area (Å²) < 4.78 is 5.71. The molecular weight excluding hydrogens is 240 g/mol. The third-order valence-electron chi connectivity index (χ3n) is 3.48. The van der Waals surface area contributed by atoms with Crippen LogP contribution in [-0.2, 0) is 4.74 Å². The Morgan fingerprint density at radius 1 is 1.37 bits per heavy atom. The molecule has 1 saturated heterocycles. The van der Waals surface area contributed by atoms with Crippen molar-refractivity contribution >= 4 is 11.7 Å². The van der Waals surface area contributed by atoms with E-state index in [2.05, 4.69) is 24.5 Å². The second-order valence-corrected chi connectivity index (χ2v) is 5.33. The van der Waals surface area contributed by atoms with Gasteiger partial charge in [-0.1, -0.05) is 32.0 Å². The Morgan fingerprint density at radius 3 is 2.79 bits per heavy atom. The van der Waals surface area contributed by atoms with Crippen molar-refractivity contribution in [1.82, 2.24) is 5.32 Å². The van der Waals surface area contributed by atoms with Gasteiger partial charge < -0.3 is 15.4 Å². The highest BCUT2D eigenvalue weighted by Crippen LogP contribution is 2.26. The van der Waals surface area contributed by atoms with Crippen molar-refractivity contribution in [2.45, 2.75) is 26.4 Å². The molecule has 0 aromatic heterocycles. The molecule has 2 atom stereocenters. The molecule has 2 rings (SSSR count). The first-order chi connectivity index (χ1) is 9.16. The SMILES string of the molecule is CC(C)[C@H]1OCC[C@H]1CNC(=O)Nc1ccccc1. The second kappa shape index (κ2) is 6.57. The van der Waals surface area contributed by atoms with Crippen molar-refractivity contribution in [3.8, 4) is 0 Å². The molecule has 1 aromatic rings. The molecule has 1 aromatic carbocycles. The predicted octanol–water partition coefficient (Wildman–Crippen LogP) is 2.87. The number of hydrogen-bond donors (Lipinski definition) is 2. The van der Waals surface area contributed by atoms with Gasteiger partial charge in [0.05, 0.1) is 6.10 Å². The number of carbonyl (C=O) groups excluding carboxylic acids is 1. The minimum atomic E-state index is -0.152. The van der Waals surface area contributed by atoms with E-state index in [0.29, 0.717) is 18.4 Å². The van der Waals surface area contributed by atoms with Gasteiger partial charge in [-0.05, 0) is 24.5 Å². The fourth-order valence-electron chi connectivity index (χ4n) is 2.53.